The Morgan fingerprint density at radius 1 is 0.774 bits per heavy atom. The molecule has 3 aromatic carbocycles. The number of carbonyl (C=O) groups is 3. The van der Waals surface area contributed by atoms with Gasteiger partial charge in [0, 0.05) is 29.0 Å². The minimum absolute atomic E-state index is 0.164. The van der Waals surface area contributed by atoms with Gasteiger partial charge in [0.05, 0.1) is 0 Å². The molecule has 6 N–H and O–H groups in total. The predicted molar refractivity (Wildman–Crippen MR) is 119 cm³/mol. The van der Waals surface area contributed by atoms with E-state index >= 15 is 0 Å². The molecule has 8 heteroatoms. The number of phenolic OH excluding ortho intramolecular Hbond substituents is 1. The highest BCUT2D eigenvalue weighted by atomic mass is 16.3. The van der Waals surface area contributed by atoms with E-state index in [1.54, 1.807) is 60.7 Å². The Balaban J connectivity index is 1.59. The normalized spacial score (nSPS) is 10.2. The van der Waals surface area contributed by atoms with Crippen LogP contribution in [-0.2, 0) is 11.2 Å². The first-order valence-electron chi connectivity index (χ1n) is 9.55. The lowest BCUT2D eigenvalue weighted by molar-refractivity contribution is -0.116. The summed E-state index contributed by atoms with van der Waals surface area (Å²) >= 11 is 0. The maximum Gasteiger partial charge on any atom is 0.316 e. The van der Waals surface area contributed by atoms with Gasteiger partial charge in [0.2, 0.25) is 5.91 Å². The molecular formula is C23H22N4O4. The van der Waals surface area contributed by atoms with Crippen LogP contribution in [0, 0.1) is 0 Å². The lowest BCUT2D eigenvalue weighted by atomic mass is 10.1. The predicted octanol–water partition coefficient (Wildman–Crippen LogP) is 3.71. The van der Waals surface area contributed by atoms with Crippen molar-refractivity contribution in [1.82, 2.24) is 0 Å². The second-order valence-electron chi connectivity index (χ2n) is 6.82. The molecule has 0 spiro atoms. The molecule has 0 aliphatic rings. The van der Waals surface area contributed by atoms with Crippen LogP contribution in [0.4, 0.5) is 21.9 Å². The quantitative estimate of drug-likeness (QED) is 0.400. The number of amides is 4. The second kappa shape index (κ2) is 9.93. The van der Waals surface area contributed by atoms with Crippen LogP contribution < -0.4 is 21.7 Å². The van der Waals surface area contributed by atoms with Gasteiger partial charge < -0.3 is 26.8 Å². The summed E-state index contributed by atoms with van der Waals surface area (Å²) in [5.74, 6) is -0.394. The maximum atomic E-state index is 12.5. The molecule has 0 fully saturated rings. The molecule has 31 heavy (non-hydrogen) atoms. The van der Waals surface area contributed by atoms with E-state index in [0.29, 0.717) is 29.0 Å². The summed E-state index contributed by atoms with van der Waals surface area (Å²) in [5.41, 5.74) is 7.76. The Morgan fingerprint density at radius 2 is 1.42 bits per heavy atom. The average Bonchev–Trinajstić information content (AvgIpc) is 2.72. The fraction of sp³-hybridized carbons (Fsp3) is 0.0870. The number of urea groups is 1. The van der Waals surface area contributed by atoms with Gasteiger partial charge in [-0.1, -0.05) is 24.3 Å². The Bertz CT molecular complexity index is 1110. The molecule has 3 aromatic rings. The Hall–Kier alpha value is -4.33. The first-order valence-corrected chi connectivity index (χ1v) is 9.55. The summed E-state index contributed by atoms with van der Waals surface area (Å²) in [5, 5.41) is 17.5. The third-order valence-corrected chi connectivity index (χ3v) is 4.35. The van der Waals surface area contributed by atoms with E-state index in [4.69, 9.17) is 5.73 Å². The number of aromatic hydroxyl groups is 1. The van der Waals surface area contributed by atoms with E-state index in [0.717, 1.165) is 5.56 Å². The van der Waals surface area contributed by atoms with Crippen LogP contribution in [0.3, 0.4) is 0 Å². The fourth-order valence-electron chi connectivity index (χ4n) is 2.95. The van der Waals surface area contributed by atoms with Gasteiger partial charge >= 0.3 is 6.03 Å². The molecule has 0 atom stereocenters. The fourth-order valence-corrected chi connectivity index (χ4v) is 2.95. The van der Waals surface area contributed by atoms with Gasteiger partial charge in [-0.05, 0) is 60.5 Å². The monoisotopic (exact) mass is 418 g/mol. The minimum atomic E-state index is -0.718. The molecule has 0 bridgehead atoms. The van der Waals surface area contributed by atoms with E-state index in [1.807, 2.05) is 6.07 Å². The van der Waals surface area contributed by atoms with Gasteiger partial charge in [0.15, 0.2) is 0 Å². The first kappa shape index (κ1) is 21.4. The summed E-state index contributed by atoms with van der Waals surface area (Å²) < 4.78 is 0. The molecule has 4 amide bonds. The van der Waals surface area contributed by atoms with Crippen molar-refractivity contribution in [1.29, 1.82) is 0 Å². The molecule has 8 nitrogen and oxygen atoms in total. The molecule has 0 aliphatic heterocycles. The lowest BCUT2D eigenvalue weighted by Crippen LogP contribution is -2.20. The van der Waals surface area contributed by atoms with Crippen LogP contribution in [0.1, 0.15) is 22.3 Å². The number of benzene rings is 3. The van der Waals surface area contributed by atoms with Gasteiger partial charge in [-0.3, -0.25) is 9.59 Å². The number of rotatable bonds is 7. The lowest BCUT2D eigenvalue weighted by Gasteiger charge is -2.10. The summed E-state index contributed by atoms with van der Waals surface area (Å²) in [6.07, 6.45) is 0.742. The van der Waals surface area contributed by atoms with E-state index in [9.17, 15) is 19.5 Å². The standard InChI is InChI=1S/C23H22N4O4/c24-23(31)27-17-6-2-5-16(13-17)22(30)26-19-8-3-7-18(14-19)25-21(29)11-10-15-4-1-9-20(28)12-15/h1-9,12-14,28H,10-11H2,(H,25,29)(H,26,30)(H3,24,27,31). The number of phenols is 1. The molecular weight excluding hydrogens is 396 g/mol. The molecule has 158 valence electrons. The number of aryl methyl sites for hydroxylation is 1. The van der Waals surface area contributed by atoms with E-state index in [-0.39, 0.29) is 24.0 Å². The summed E-state index contributed by atoms with van der Waals surface area (Å²) in [6.45, 7) is 0. The molecule has 3 rings (SSSR count). The Kier molecular flexibility index (Phi) is 6.85. The van der Waals surface area contributed by atoms with Gasteiger partial charge in [-0.15, -0.1) is 0 Å². The highest BCUT2D eigenvalue weighted by molar-refractivity contribution is 6.05. The van der Waals surface area contributed by atoms with Crippen molar-refractivity contribution < 1.29 is 19.5 Å². The Labute approximate surface area is 179 Å². The van der Waals surface area contributed by atoms with Crippen LogP contribution in [-0.4, -0.2) is 23.0 Å². The zero-order chi connectivity index (χ0) is 22.2. The van der Waals surface area contributed by atoms with E-state index < -0.39 is 6.03 Å². The van der Waals surface area contributed by atoms with Crippen LogP contribution in [0.5, 0.6) is 5.75 Å². The van der Waals surface area contributed by atoms with Crippen molar-refractivity contribution >= 4 is 34.9 Å². The SMILES string of the molecule is NC(=O)Nc1cccc(C(=O)Nc2cccc(NC(=O)CCc3cccc(O)c3)c2)c1. The number of hydrogen-bond acceptors (Lipinski definition) is 4. The molecule has 0 unspecified atom stereocenters. The summed E-state index contributed by atoms with van der Waals surface area (Å²) in [7, 11) is 0. The van der Waals surface area contributed by atoms with Crippen molar-refractivity contribution in [2.24, 2.45) is 5.73 Å². The molecule has 0 radical (unpaired) electrons. The summed E-state index contributed by atoms with van der Waals surface area (Å²) in [4.78, 5) is 35.7. The van der Waals surface area contributed by atoms with Crippen molar-refractivity contribution in [3.8, 4) is 5.75 Å². The van der Waals surface area contributed by atoms with Gasteiger partial charge in [0.1, 0.15) is 5.75 Å². The molecule has 0 aromatic heterocycles. The maximum absolute atomic E-state index is 12.5. The highest BCUT2D eigenvalue weighted by Gasteiger charge is 2.09. The van der Waals surface area contributed by atoms with E-state index in [1.165, 1.54) is 6.07 Å². The summed E-state index contributed by atoms with van der Waals surface area (Å²) in [6, 6.07) is 19.2. The molecule has 0 aliphatic carbocycles. The molecule has 0 heterocycles. The zero-order valence-electron chi connectivity index (χ0n) is 16.6. The van der Waals surface area contributed by atoms with Crippen LogP contribution >= 0.6 is 0 Å². The number of nitrogens with one attached hydrogen (secondary N) is 3. The van der Waals surface area contributed by atoms with Crippen molar-refractivity contribution in [2.75, 3.05) is 16.0 Å². The number of carbonyl (C=O) groups excluding carboxylic acids is 3. The van der Waals surface area contributed by atoms with Gasteiger partial charge in [-0.2, -0.15) is 0 Å². The van der Waals surface area contributed by atoms with Crippen molar-refractivity contribution in [2.45, 2.75) is 12.8 Å². The number of nitrogens with two attached hydrogens (primary N) is 1. The van der Waals surface area contributed by atoms with Crippen LogP contribution in [0.2, 0.25) is 0 Å². The van der Waals surface area contributed by atoms with Gasteiger partial charge in [-0.25, -0.2) is 4.79 Å². The average molecular weight is 418 g/mol. The van der Waals surface area contributed by atoms with E-state index in [2.05, 4.69) is 16.0 Å². The molecule has 0 saturated carbocycles. The highest BCUT2D eigenvalue weighted by Crippen LogP contribution is 2.18. The number of hydrogen-bond donors (Lipinski definition) is 5. The first-order chi connectivity index (χ1) is 14.9. The van der Waals surface area contributed by atoms with Crippen molar-refractivity contribution in [3.63, 3.8) is 0 Å². The smallest absolute Gasteiger partial charge is 0.316 e. The largest absolute Gasteiger partial charge is 0.508 e. The van der Waals surface area contributed by atoms with Crippen molar-refractivity contribution in [3.05, 3.63) is 83.9 Å². The number of anilines is 3. The third-order valence-electron chi connectivity index (χ3n) is 4.35. The minimum Gasteiger partial charge on any atom is -0.508 e. The number of primary amides is 1. The van der Waals surface area contributed by atoms with Crippen LogP contribution in [0.15, 0.2) is 72.8 Å². The Morgan fingerprint density at radius 3 is 2.13 bits per heavy atom. The van der Waals surface area contributed by atoms with Crippen LogP contribution in [0.25, 0.3) is 0 Å². The zero-order valence-corrected chi connectivity index (χ0v) is 16.6. The topological polar surface area (TPSA) is 134 Å². The second-order valence-corrected chi connectivity index (χ2v) is 6.82. The molecule has 0 saturated heterocycles. The third kappa shape index (κ3) is 6.60. The van der Waals surface area contributed by atoms with Gasteiger partial charge in [0.25, 0.3) is 5.91 Å².